The summed E-state index contributed by atoms with van der Waals surface area (Å²) in [6.45, 7) is 1.86. The van der Waals surface area contributed by atoms with Crippen molar-refractivity contribution in [1.82, 2.24) is 4.90 Å². The Balaban J connectivity index is 1.72. The number of carbonyl (C=O) groups excluding carboxylic acids is 1. The summed E-state index contributed by atoms with van der Waals surface area (Å²) in [6, 6.07) is 8.17. The van der Waals surface area contributed by atoms with Gasteiger partial charge >= 0.3 is 0 Å². The van der Waals surface area contributed by atoms with Gasteiger partial charge in [0.05, 0.1) is 0 Å². The predicted octanol–water partition coefficient (Wildman–Crippen LogP) is 3.00. The molecule has 1 heterocycles. The molecule has 1 aromatic rings. The molecule has 0 aromatic heterocycles. The Morgan fingerprint density at radius 2 is 2.00 bits per heavy atom. The normalized spacial score (nSPS) is 16.4. The van der Waals surface area contributed by atoms with E-state index in [0.717, 1.165) is 43.2 Å². The average Bonchev–Trinajstić information content (AvgIpc) is 2.49. The van der Waals surface area contributed by atoms with Crippen molar-refractivity contribution in [1.29, 1.82) is 0 Å². The van der Waals surface area contributed by atoms with Crippen molar-refractivity contribution >= 4 is 21.8 Å². The van der Waals surface area contributed by atoms with Crippen LogP contribution in [0, 0.1) is 5.92 Å². The molecule has 3 nitrogen and oxygen atoms in total. The molecule has 110 valence electrons. The maximum atomic E-state index is 12.1. The number of likely N-dealkylation sites (tertiary alicyclic amines) is 1. The number of nitrogens with zero attached hydrogens (tertiary/aromatic N) is 1. The van der Waals surface area contributed by atoms with Crippen LogP contribution in [0.3, 0.4) is 0 Å². The Kier molecular flexibility index (Phi) is 6.05. The quantitative estimate of drug-likeness (QED) is 0.895. The van der Waals surface area contributed by atoms with Gasteiger partial charge in [-0.15, -0.1) is 0 Å². The number of halogens is 1. The smallest absolute Gasteiger partial charge is 0.222 e. The molecule has 1 aliphatic heterocycles. The Hall–Kier alpha value is -0.870. The van der Waals surface area contributed by atoms with Crippen LogP contribution in [0.4, 0.5) is 0 Å². The first-order chi connectivity index (χ1) is 9.70. The van der Waals surface area contributed by atoms with Crippen molar-refractivity contribution in [2.45, 2.75) is 32.1 Å². The first-order valence-electron chi connectivity index (χ1n) is 7.32. The molecule has 0 spiro atoms. The number of hydrogen-bond donors (Lipinski definition) is 1. The largest absolute Gasteiger partial charge is 0.396 e. The first kappa shape index (κ1) is 15.5. The van der Waals surface area contributed by atoms with Crippen LogP contribution in [0.1, 0.15) is 31.2 Å². The van der Waals surface area contributed by atoms with Gasteiger partial charge in [0.2, 0.25) is 5.91 Å². The minimum absolute atomic E-state index is 0.254. The molecule has 2 rings (SSSR count). The molecule has 0 unspecified atom stereocenters. The maximum absolute atomic E-state index is 12.1. The van der Waals surface area contributed by atoms with E-state index in [-0.39, 0.29) is 12.5 Å². The van der Waals surface area contributed by atoms with Crippen molar-refractivity contribution in [2.24, 2.45) is 5.92 Å². The number of amides is 1. The van der Waals surface area contributed by atoms with Gasteiger partial charge in [0.25, 0.3) is 0 Å². The fourth-order valence-corrected chi connectivity index (χ4v) is 3.14. The van der Waals surface area contributed by atoms with Gasteiger partial charge in [-0.1, -0.05) is 34.1 Å². The Morgan fingerprint density at radius 1 is 1.30 bits per heavy atom. The summed E-state index contributed by atoms with van der Waals surface area (Å²) in [4.78, 5) is 14.1. The van der Waals surface area contributed by atoms with Gasteiger partial charge in [0.1, 0.15) is 0 Å². The van der Waals surface area contributed by atoms with E-state index in [0.29, 0.717) is 12.3 Å². The van der Waals surface area contributed by atoms with Gasteiger partial charge in [0.15, 0.2) is 0 Å². The lowest BCUT2D eigenvalue weighted by Gasteiger charge is -2.31. The summed E-state index contributed by atoms with van der Waals surface area (Å²) in [5.74, 6) is 0.646. The Bertz CT molecular complexity index is 442. The van der Waals surface area contributed by atoms with Gasteiger partial charge in [-0.3, -0.25) is 4.79 Å². The zero-order valence-corrected chi connectivity index (χ0v) is 13.3. The lowest BCUT2D eigenvalue weighted by atomic mass is 9.97. The van der Waals surface area contributed by atoms with Crippen LogP contribution in [0.5, 0.6) is 0 Å². The molecule has 4 heteroatoms. The Morgan fingerprint density at radius 3 is 2.65 bits per heavy atom. The molecule has 1 amide bonds. The number of aliphatic hydroxyl groups is 1. The second-order valence-corrected chi connectivity index (χ2v) is 6.31. The molecule has 0 bridgehead atoms. The first-order valence-corrected chi connectivity index (χ1v) is 8.12. The maximum Gasteiger partial charge on any atom is 0.222 e. The summed E-state index contributed by atoms with van der Waals surface area (Å²) in [5, 5.41) is 9.10. The predicted molar refractivity (Wildman–Crippen MR) is 83.5 cm³/mol. The van der Waals surface area contributed by atoms with E-state index in [4.69, 9.17) is 5.11 Å². The average molecular weight is 340 g/mol. The summed E-state index contributed by atoms with van der Waals surface area (Å²) in [7, 11) is 0. The minimum Gasteiger partial charge on any atom is -0.396 e. The molecule has 1 aromatic carbocycles. The number of aryl methyl sites for hydroxylation is 1. The van der Waals surface area contributed by atoms with Crippen LogP contribution < -0.4 is 0 Å². The van der Waals surface area contributed by atoms with Crippen LogP contribution in [0.15, 0.2) is 28.7 Å². The zero-order valence-electron chi connectivity index (χ0n) is 11.7. The van der Waals surface area contributed by atoms with Crippen molar-refractivity contribution in [2.75, 3.05) is 19.7 Å². The highest BCUT2D eigenvalue weighted by molar-refractivity contribution is 9.10. The van der Waals surface area contributed by atoms with Gasteiger partial charge in [-0.05, 0) is 43.2 Å². The topological polar surface area (TPSA) is 40.5 Å². The van der Waals surface area contributed by atoms with E-state index in [2.05, 4.69) is 22.0 Å². The van der Waals surface area contributed by atoms with Crippen molar-refractivity contribution in [3.8, 4) is 0 Å². The van der Waals surface area contributed by atoms with Crippen molar-refractivity contribution < 1.29 is 9.90 Å². The third-order valence-corrected chi connectivity index (χ3v) is 4.79. The van der Waals surface area contributed by atoms with Crippen LogP contribution in [-0.2, 0) is 11.2 Å². The fraction of sp³-hybridized carbons (Fsp3) is 0.562. The van der Waals surface area contributed by atoms with Crippen molar-refractivity contribution in [3.63, 3.8) is 0 Å². The summed E-state index contributed by atoms with van der Waals surface area (Å²) in [6.07, 6.45) is 4.31. The molecule has 1 N–H and O–H groups in total. The Labute approximate surface area is 129 Å². The molecular formula is C16H22BrNO2. The molecule has 1 aliphatic rings. The van der Waals surface area contributed by atoms with Gasteiger partial charge in [0, 0.05) is 30.6 Å². The molecule has 0 aliphatic carbocycles. The van der Waals surface area contributed by atoms with E-state index < -0.39 is 0 Å². The van der Waals surface area contributed by atoms with Gasteiger partial charge in [-0.2, -0.15) is 0 Å². The van der Waals surface area contributed by atoms with E-state index in [1.807, 2.05) is 23.1 Å². The second-order valence-electron chi connectivity index (χ2n) is 5.45. The zero-order chi connectivity index (χ0) is 14.4. The second kappa shape index (κ2) is 7.79. The number of piperidine rings is 1. The number of rotatable bonds is 5. The van der Waals surface area contributed by atoms with Crippen molar-refractivity contribution in [3.05, 3.63) is 34.3 Å². The van der Waals surface area contributed by atoms with Crippen LogP contribution in [0.2, 0.25) is 0 Å². The fourth-order valence-electron chi connectivity index (χ4n) is 2.65. The highest BCUT2D eigenvalue weighted by Crippen LogP contribution is 2.20. The third kappa shape index (κ3) is 4.32. The van der Waals surface area contributed by atoms with E-state index in [9.17, 15) is 4.79 Å². The molecule has 20 heavy (non-hydrogen) atoms. The van der Waals surface area contributed by atoms with E-state index in [1.54, 1.807) is 0 Å². The molecule has 1 saturated heterocycles. The third-order valence-electron chi connectivity index (χ3n) is 4.02. The number of carbonyl (C=O) groups is 1. The van der Waals surface area contributed by atoms with Crippen LogP contribution in [0.25, 0.3) is 0 Å². The monoisotopic (exact) mass is 339 g/mol. The molecule has 1 fully saturated rings. The summed E-state index contributed by atoms with van der Waals surface area (Å²) >= 11 is 3.54. The lowest BCUT2D eigenvalue weighted by Crippen LogP contribution is -2.39. The van der Waals surface area contributed by atoms with E-state index >= 15 is 0 Å². The van der Waals surface area contributed by atoms with Crippen LogP contribution in [-0.4, -0.2) is 35.6 Å². The lowest BCUT2D eigenvalue weighted by molar-refractivity contribution is -0.132. The molecular weight excluding hydrogens is 318 g/mol. The minimum atomic E-state index is 0.254. The number of benzene rings is 1. The highest BCUT2D eigenvalue weighted by Gasteiger charge is 2.21. The molecule has 0 saturated carbocycles. The summed E-state index contributed by atoms with van der Waals surface area (Å²) in [5.41, 5.74) is 1.26. The number of aliphatic hydroxyl groups excluding tert-OH is 1. The van der Waals surface area contributed by atoms with Gasteiger partial charge < -0.3 is 10.0 Å². The van der Waals surface area contributed by atoms with E-state index in [1.165, 1.54) is 5.56 Å². The van der Waals surface area contributed by atoms with Crippen LogP contribution >= 0.6 is 15.9 Å². The standard InChI is InChI=1S/C16H22BrNO2/c17-15-6-2-1-4-14(15)5-3-7-16(20)18-10-8-13(12-19)9-11-18/h1-2,4,6,13,19H,3,5,7-12H2. The highest BCUT2D eigenvalue weighted by atomic mass is 79.9. The van der Waals surface area contributed by atoms with Gasteiger partial charge in [-0.25, -0.2) is 0 Å². The number of hydrogen-bond acceptors (Lipinski definition) is 2. The molecule has 0 radical (unpaired) electrons. The SMILES string of the molecule is O=C(CCCc1ccccc1Br)N1CCC(CO)CC1. The molecule has 0 atom stereocenters. The summed E-state index contributed by atoms with van der Waals surface area (Å²) < 4.78 is 1.12.